The second-order valence-electron chi connectivity index (χ2n) is 4.80. The Balaban J connectivity index is 1.86. The van der Waals surface area contributed by atoms with Gasteiger partial charge in [0.2, 0.25) is 0 Å². The van der Waals surface area contributed by atoms with Crippen LogP contribution in [0.25, 0.3) is 10.1 Å². The van der Waals surface area contributed by atoms with Crippen LogP contribution in [-0.2, 0) is 6.54 Å². The Hall–Kier alpha value is -1.43. The van der Waals surface area contributed by atoms with Gasteiger partial charge in [-0.15, -0.1) is 11.3 Å². The van der Waals surface area contributed by atoms with E-state index < -0.39 is 5.97 Å². The maximum Gasteiger partial charge on any atom is 0.335 e. The summed E-state index contributed by atoms with van der Waals surface area (Å²) in [5.74, 6) is -0.862. The molecule has 1 saturated heterocycles. The van der Waals surface area contributed by atoms with E-state index in [2.05, 4.69) is 15.6 Å². The van der Waals surface area contributed by atoms with Gasteiger partial charge in [0, 0.05) is 37.4 Å². The molecular formula is C14H16N2O2S. The van der Waals surface area contributed by atoms with Crippen LogP contribution in [0.4, 0.5) is 0 Å². The van der Waals surface area contributed by atoms with Gasteiger partial charge in [-0.2, -0.15) is 0 Å². The van der Waals surface area contributed by atoms with Gasteiger partial charge in [0.15, 0.2) is 0 Å². The lowest BCUT2D eigenvalue weighted by Crippen LogP contribution is -2.42. The molecule has 0 atom stereocenters. The van der Waals surface area contributed by atoms with E-state index in [9.17, 15) is 4.79 Å². The van der Waals surface area contributed by atoms with Gasteiger partial charge in [-0.25, -0.2) is 4.79 Å². The Morgan fingerprint density at radius 3 is 2.89 bits per heavy atom. The molecule has 2 aromatic rings. The molecule has 2 N–H and O–H groups in total. The zero-order valence-corrected chi connectivity index (χ0v) is 11.4. The van der Waals surface area contributed by atoms with E-state index in [1.807, 2.05) is 6.07 Å². The maximum absolute atomic E-state index is 11.0. The molecule has 5 heteroatoms. The molecule has 0 radical (unpaired) electrons. The van der Waals surface area contributed by atoms with Crippen LogP contribution in [0.3, 0.4) is 0 Å². The lowest BCUT2D eigenvalue weighted by Gasteiger charge is -2.26. The summed E-state index contributed by atoms with van der Waals surface area (Å²) in [6.07, 6.45) is 0. The van der Waals surface area contributed by atoms with Gasteiger partial charge >= 0.3 is 5.97 Å². The monoisotopic (exact) mass is 276 g/mol. The smallest absolute Gasteiger partial charge is 0.335 e. The zero-order chi connectivity index (χ0) is 13.2. The van der Waals surface area contributed by atoms with Crippen LogP contribution < -0.4 is 5.32 Å². The molecule has 0 amide bonds. The second kappa shape index (κ2) is 5.28. The van der Waals surface area contributed by atoms with Gasteiger partial charge < -0.3 is 10.4 Å². The van der Waals surface area contributed by atoms with Crippen molar-refractivity contribution in [3.63, 3.8) is 0 Å². The highest BCUT2D eigenvalue weighted by Crippen LogP contribution is 2.28. The van der Waals surface area contributed by atoms with Gasteiger partial charge in [0.05, 0.1) is 5.56 Å². The lowest BCUT2D eigenvalue weighted by molar-refractivity contribution is 0.0697. The third-order valence-corrected chi connectivity index (χ3v) is 4.50. The molecule has 1 aliphatic heterocycles. The average molecular weight is 276 g/mol. The number of fused-ring (bicyclic) bond motifs is 1. The largest absolute Gasteiger partial charge is 0.478 e. The molecular weight excluding hydrogens is 260 g/mol. The summed E-state index contributed by atoms with van der Waals surface area (Å²) >= 11 is 1.63. The number of nitrogens with zero attached hydrogens (tertiary/aromatic N) is 1. The van der Waals surface area contributed by atoms with Crippen molar-refractivity contribution >= 4 is 27.4 Å². The van der Waals surface area contributed by atoms with Crippen molar-refractivity contribution < 1.29 is 9.90 Å². The minimum Gasteiger partial charge on any atom is -0.478 e. The summed E-state index contributed by atoms with van der Waals surface area (Å²) in [4.78, 5) is 13.4. The second-order valence-corrected chi connectivity index (χ2v) is 5.71. The first-order valence-corrected chi connectivity index (χ1v) is 7.28. The highest BCUT2D eigenvalue weighted by atomic mass is 32.1. The molecule has 3 rings (SSSR count). The first kappa shape index (κ1) is 12.6. The highest BCUT2D eigenvalue weighted by molar-refractivity contribution is 7.17. The first-order chi connectivity index (χ1) is 9.24. The number of thiophene rings is 1. The predicted molar refractivity (Wildman–Crippen MR) is 76.9 cm³/mol. The molecule has 0 saturated carbocycles. The Morgan fingerprint density at radius 1 is 1.37 bits per heavy atom. The number of benzene rings is 1. The van der Waals surface area contributed by atoms with Crippen molar-refractivity contribution in [1.82, 2.24) is 10.2 Å². The van der Waals surface area contributed by atoms with Crippen LogP contribution in [-0.4, -0.2) is 42.2 Å². The van der Waals surface area contributed by atoms with Crippen molar-refractivity contribution in [2.45, 2.75) is 6.54 Å². The van der Waals surface area contributed by atoms with Gasteiger partial charge in [0.1, 0.15) is 0 Å². The van der Waals surface area contributed by atoms with Crippen LogP contribution in [0.2, 0.25) is 0 Å². The fraction of sp³-hybridized carbons (Fsp3) is 0.357. The van der Waals surface area contributed by atoms with Crippen molar-refractivity contribution in [3.05, 3.63) is 34.7 Å². The molecule has 100 valence electrons. The van der Waals surface area contributed by atoms with Gasteiger partial charge in [-0.05, 0) is 28.5 Å². The van der Waals surface area contributed by atoms with Crippen molar-refractivity contribution in [3.8, 4) is 0 Å². The quantitative estimate of drug-likeness (QED) is 0.900. The normalized spacial score (nSPS) is 16.8. The summed E-state index contributed by atoms with van der Waals surface area (Å²) in [6, 6.07) is 5.40. The van der Waals surface area contributed by atoms with Crippen LogP contribution >= 0.6 is 11.3 Å². The molecule has 1 fully saturated rings. The molecule has 4 nitrogen and oxygen atoms in total. The van der Waals surface area contributed by atoms with E-state index in [4.69, 9.17) is 5.11 Å². The SMILES string of the molecule is O=C(O)c1ccc2c(CN3CCNCC3)csc2c1. The number of carbonyl (C=O) groups is 1. The molecule has 2 heterocycles. The number of carboxylic acids is 1. The third kappa shape index (κ3) is 2.63. The summed E-state index contributed by atoms with van der Waals surface area (Å²) < 4.78 is 1.06. The van der Waals surface area contributed by atoms with Gasteiger partial charge in [-0.3, -0.25) is 4.90 Å². The van der Waals surface area contributed by atoms with E-state index in [0.717, 1.165) is 37.4 Å². The number of carboxylic acid groups (broad SMARTS) is 1. The number of piperazine rings is 1. The fourth-order valence-electron chi connectivity index (χ4n) is 2.45. The minimum atomic E-state index is -0.862. The van der Waals surface area contributed by atoms with Crippen LogP contribution in [0.5, 0.6) is 0 Å². The Labute approximate surface area is 115 Å². The number of nitrogens with one attached hydrogen (secondary N) is 1. The Kier molecular flexibility index (Phi) is 3.50. The third-order valence-electron chi connectivity index (χ3n) is 3.51. The summed E-state index contributed by atoms with van der Waals surface area (Å²) in [5, 5.41) is 15.7. The molecule has 1 aromatic heterocycles. The molecule has 0 bridgehead atoms. The highest BCUT2D eigenvalue weighted by Gasteiger charge is 2.13. The molecule has 0 unspecified atom stereocenters. The van der Waals surface area contributed by atoms with Crippen molar-refractivity contribution in [1.29, 1.82) is 0 Å². The molecule has 0 spiro atoms. The minimum absolute atomic E-state index is 0.364. The number of aromatic carboxylic acids is 1. The Bertz CT molecular complexity index is 603. The standard InChI is InChI=1S/C14H16N2O2S/c17-14(18)10-1-2-12-11(9-19-13(12)7-10)8-16-5-3-15-4-6-16/h1-2,7,9,15H,3-6,8H2,(H,17,18). The molecule has 0 aliphatic carbocycles. The van der Waals surface area contributed by atoms with Gasteiger partial charge in [-0.1, -0.05) is 6.07 Å². The first-order valence-electron chi connectivity index (χ1n) is 6.40. The fourth-order valence-corrected chi connectivity index (χ4v) is 3.44. The zero-order valence-electron chi connectivity index (χ0n) is 10.6. The van der Waals surface area contributed by atoms with Crippen molar-refractivity contribution in [2.75, 3.05) is 26.2 Å². The number of rotatable bonds is 3. The van der Waals surface area contributed by atoms with E-state index >= 15 is 0 Å². The molecule has 19 heavy (non-hydrogen) atoms. The van der Waals surface area contributed by atoms with Gasteiger partial charge in [0.25, 0.3) is 0 Å². The molecule has 1 aliphatic rings. The predicted octanol–water partition coefficient (Wildman–Crippen LogP) is 2.00. The van der Waals surface area contributed by atoms with E-state index in [1.54, 1.807) is 23.5 Å². The van der Waals surface area contributed by atoms with Crippen LogP contribution in [0.1, 0.15) is 15.9 Å². The van der Waals surface area contributed by atoms with Crippen LogP contribution in [0.15, 0.2) is 23.6 Å². The summed E-state index contributed by atoms with van der Waals surface area (Å²) in [6.45, 7) is 5.19. The van der Waals surface area contributed by atoms with Crippen LogP contribution in [0, 0.1) is 0 Å². The maximum atomic E-state index is 11.0. The van der Waals surface area contributed by atoms with E-state index in [0.29, 0.717) is 5.56 Å². The topological polar surface area (TPSA) is 52.6 Å². The number of hydrogen-bond donors (Lipinski definition) is 2. The summed E-state index contributed by atoms with van der Waals surface area (Å²) in [7, 11) is 0. The lowest BCUT2D eigenvalue weighted by atomic mass is 10.1. The average Bonchev–Trinajstić information content (AvgIpc) is 2.82. The summed E-state index contributed by atoms with van der Waals surface area (Å²) in [5.41, 5.74) is 1.67. The molecule has 1 aromatic carbocycles. The van der Waals surface area contributed by atoms with Crippen molar-refractivity contribution in [2.24, 2.45) is 0 Å². The van der Waals surface area contributed by atoms with E-state index in [1.165, 1.54) is 10.9 Å². The Morgan fingerprint density at radius 2 is 2.16 bits per heavy atom. The van der Waals surface area contributed by atoms with E-state index in [-0.39, 0.29) is 0 Å². The number of hydrogen-bond acceptors (Lipinski definition) is 4.